The number of rotatable bonds is 6. The van der Waals surface area contributed by atoms with Gasteiger partial charge in [-0.05, 0) is 46.1 Å². The van der Waals surface area contributed by atoms with Crippen molar-refractivity contribution >= 4 is 0 Å². The van der Waals surface area contributed by atoms with E-state index in [1.54, 1.807) is 0 Å². The molecule has 0 aromatic carbocycles. The second-order valence-electron chi connectivity index (χ2n) is 7.50. The molecular weight excluding hydrogens is 278 g/mol. The average molecular weight is 309 g/mol. The standard InChI is InChI=1S/C17H31N3O2/c1-17(2,3)22-13-15(21)12-20-8-5-6-14(11-20)10-16-18-7-9-19(16)4/h7,9,14-15,21H,5-6,8,10-13H2,1-4H3. The lowest BCUT2D eigenvalue weighted by Gasteiger charge is -2.34. The quantitative estimate of drug-likeness (QED) is 0.871. The summed E-state index contributed by atoms with van der Waals surface area (Å²) < 4.78 is 7.77. The van der Waals surface area contributed by atoms with E-state index in [1.165, 1.54) is 12.8 Å². The maximum atomic E-state index is 10.2. The molecule has 1 aliphatic heterocycles. The molecule has 0 aliphatic carbocycles. The first kappa shape index (κ1) is 17.4. The lowest BCUT2D eigenvalue weighted by atomic mass is 9.94. The molecule has 5 nitrogen and oxygen atoms in total. The number of β-amino-alcohol motifs (C(OH)–C–C–N with tert-alkyl or cyclic N) is 1. The number of aliphatic hydroxyl groups is 1. The molecule has 1 aromatic rings. The molecule has 1 aromatic heterocycles. The number of likely N-dealkylation sites (tertiary alicyclic amines) is 1. The van der Waals surface area contributed by atoms with Crippen LogP contribution in [0.25, 0.3) is 0 Å². The van der Waals surface area contributed by atoms with Gasteiger partial charge in [-0.3, -0.25) is 0 Å². The number of ether oxygens (including phenoxy) is 1. The summed E-state index contributed by atoms with van der Waals surface area (Å²) in [7, 11) is 2.05. The van der Waals surface area contributed by atoms with Crippen molar-refractivity contribution in [3.63, 3.8) is 0 Å². The van der Waals surface area contributed by atoms with Crippen LogP contribution in [-0.2, 0) is 18.2 Å². The van der Waals surface area contributed by atoms with Crippen LogP contribution in [0.3, 0.4) is 0 Å². The van der Waals surface area contributed by atoms with E-state index in [0.717, 1.165) is 25.3 Å². The first-order valence-electron chi connectivity index (χ1n) is 8.34. The molecule has 2 heterocycles. The highest BCUT2D eigenvalue weighted by Gasteiger charge is 2.23. The Kier molecular flexibility index (Phi) is 6.01. The molecule has 2 unspecified atom stereocenters. The molecule has 1 saturated heterocycles. The van der Waals surface area contributed by atoms with Crippen LogP contribution in [0.1, 0.15) is 39.4 Å². The Morgan fingerprint density at radius 1 is 1.45 bits per heavy atom. The topological polar surface area (TPSA) is 50.5 Å². The van der Waals surface area contributed by atoms with Crippen molar-refractivity contribution in [2.75, 3.05) is 26.2 Å². The fourth-order valence-corrected chi connectivity index (χ4v) is 3.03. The summed E-state index contributed by atoms with van der Waals surface area (Å²) in [6.45, 7) is 9.27. The number of aromatic nitrogens is 2. The molecule has 22 heavy (non-hydrogen) atoms. The van der Waals surface area contributed by atoms with Gasteiger partial charge >= 0.3 is 0 Å². The third-order valence-corrected chi connectivity index (χ3v) is 4.17. The van der Waals surface area contributed by atoms with E-state index >= 15 is 0 Å². The summed E-state index contributed by atoms with van der Waals surface area (Å²) in [4.78, 5) is 6.80. The average Bonchev–Trinajstić information content (AvgIpc) is 2.82. The molecule has 0 spiro atoms. The molecule has 1 aliphatic rings. The minimum Gasteiger partial charge on any atom is -0.389 e. The Labute approximate surface area is 134 Å². The Morgan fingerprint density at radius 3 is 2.86 bits per heavy atom. The minimum atomic E-state index is -0.411. The van der Waals surface area contributed by atoms with Crippen LogP contribution in [0.5, 0.6) is 0 Å². The largest absolute Gasteiger partial charge is 0.389 e. The van der Waals surface area contributed by atoms with Crippen molar-refractivity contribution in [2.24, 2.45) is 13.0 Å². The molecule has 0 amide bonds. The van der Waals surface area contributed by atoms with Gasteiger partial charge in [0, 0.05) is 39.0 Å². The lowest BCUT2D eigenvalue weighted by Crippen LogP contribution is -2.42. The van der Waals surface area contributed by atoms with Crippen LogP contribution in [0.15, 0.2) is 12.4 Å². The monoisotopic (exact) mass is 309 g/mol. The summed E-state index contributed by atoms with van der Waals surface area (Å²) in [5.41, 5.74) is -0.191. The predicted molar refractivity (Wildman–Crippen MR) is 87.8 cm³/mol. The first-order chi connectivity index (χ1) is 10.3. The summed E-state index contributed by atoms with van der Waals surface area (Å²) in [5.74, 6) is 1.79. The Hall–Kier alpha value is -0.910. The third-order valence-electron chi connectivity index (χ3n) is 4.17. The zero-order chi connectivity index (χ0) is 16.2. The molecule has 0 saturated carbocycles. The van der Waals surface area contributed by atoms with Crippen LogP contribution in [0.4, 0.5) is 0 Å². The molecule has 126 valence electrons. The fourth-order valence-electron chi connectivity index (χ4n) is 3.03. The van der Waals surface area contributed by atoms with Crippen molar-refractivity contribution < 1.29 is 9.84 Å². The van der Waals surface area contributed by atoms with E-state index in [-0.39, 0.29) is 5.60 Å². The number of hydrogen-bond acceptors (Lipinski definition) is 4. The number of nitrogens with zero attached hydrogens (tertiary/aromatic N) is 3. The van der Waals surface area contributed by atoms with E-state index in [1.807, 2.05) is 33.2 Å². The van der Waals surface area contributed by atoms with Gasteiger partial charge in [-0.25, -0.2) is 4.98 Å². The molecule has 5 heteroatoms. The van der Waals surface area contributed by atoms with E-state index in [2.05, 4.69) is 21.5 Å². The van der Waals surface area contributed by atoms with Crippen molar-refractivity contribution in [1.82, 2.24) is 14.5 Å². The van der Waals surface area contributed by atoms with E-state index < -0.39 is 6.10 Å². The highest BCUT2D eigenvalue weighted by atomic mass is 16.5. The molecule has 1 fully saturated rings. The SMILES string of the molecule is Cn1ccnc1CC1CCCN(CC(O)COC(C)(C)C)C1. The number of aliphatic hydroxyl groups excluding tert-OH is 1. The van der Waals surface area contributed by atoms with E-state index in [9.17, 15) is 5.11 Å². The van der Waals surface area contributed by atoms with Gasteiger partial charge in [0.25, 0.3) is 0 Å². The summed E-state index contributed by atoms with van der Waals surface area (Å²) in [6.07, 6.45) is 6.92. The maximum Gasteiger partial charge on any atom is 0.108 e. The number of aryl methyl sites for hydroxylation is 1. The second-order valence-corrected chi connectivity index (χ2v) is 7.50. The maximum absolute atomic E-state index is 10.2. The Balaban J connectivity index is 1.77. The fraction of sp³-hybridized carbons (Fsp3) is 0.824. The minimum absolute atomic E-state index is 0.191. The highest BCUT2D eigenvalue weighted by molar-refractivity contribution is 4.94. The number of piperidine rings is 1. The van der Waals surface area contributed by atoms with Gasteiger partial charge in [-0.1, -0.05) is 0 Å². The van der Waals surface area contributed by atoms with Crippen molar-refractivity contribution in [3.05, 3.63) is 18.2 Å². The van der Waals surface area contributed by atoms with Crippen LogP contribution in [-0.4, -0.2) is 57.5 Å². The third kappa shape index (κ3) is 5.71. The summed E-state index contributed by atoms with van der Waals surface area (Å²) in [6, 6.07) is 0. The molecule has 0 radical (unpaired) electrons. The van der Waals surface area contributed by atoms with E-state index in [0.29, 0.717) is 19.1 Å². The second kappa shape index (κ2) is 7.57. The van der Waals surface area contributed by atoms with Gasteiger partial charge in [0.2, 0.25) is 0 Å². The number of hydrogen-bond donors (Lipinski definition) is 1. The van der Waals surface area contributed by atoms with Gasteiger partial charge in [0.1, 0.15) is 5.82 Å². The molecule has 0 bridgehead atoms. The molecule has 1 N–H and O–H groups in total. The van der Waals surface area contributed by atoms with Crippen LogP contribution >= 0.6 is 0 Å². The molecule has 2 rings (SSSR count). The van der Waals surface area contributed by atoms with Gasteiger partial charge in [0.05, 0.1) is 18.3 Å². The van der Waals surface area contributed by atoms with Gasteiger partial charge in [-0.2, -0.15) is 0 Å². The Morgan fingerprint density at radius 2 is 2.23 bits per heavy atom. The van der Waals surface area contributed by atoms with Gasteiger partial charge in [-0.15, -0.1) is 0 Å². The smallest absolute Gasteiger partial charge is 0.108 e. The highest BCUT2D eigenvalue weighted by Crippen LogP contribution is 2.20. The van der Waals surface area contributed by atoms with Gasteiger partial charge < -0.3 is 19.3 Å². The first-order valence-corrected chi connectivity index (χ1v) is 8.34. The normalized spacial score (nSPS) is 22.0. The molecule has 2 atom stereocenters. The van der Waals surface area contributed by atoms with Crippen LogP contribution in [0, 0.1) is 5.92 Å². The van der Waals surface area contributed by atoms with Crippen molar-refractivity contribution in [1.29, 1.82) is 0 Å². The van der Waals surface area contributed by atoms with Crippen molar-refractivity contribution in [2.45, 2.75) is 51.7 Å². The van der Waals surface area contributed by atoms with Crippen molar-refractivity contribution in [3.8, 4) is 0 Å². The van der Waals surface area contributed by atoms with Crippen LogP contribution in [0.2, 0.25) is 0 Å². The Bertz CT molecular complexity index is 453. The van der Waals surface area contributed by atoms with E-state index in [4.69, 9.17) is 4.74 Å². The summed E-state index contributed by atoms with van der Waals surface area (Å²) in [5, 5.41) is 10.2. The summed E-state index contributed by atoms with van der Waals surface area (Å²) >= 11 is 0. The predicted octanol–water partition coefficient (Wildman–Crippen LogP) is 1.85. The zero-order valence-corrected chi connectivity index (χ0v) is 14.5. The lowest BCUT2D eigenvalue weighted by molar-refractivity contribution is -0.0583. The molecular formula is C17H31N3O2. The van der Waals surface area contributed by atoms with Crippen LogP contribution < -0.4 is 0 Å². The zero-order valence-electron chi connectivity index (χ0n) is 14.5. The van der Waals surface area contributed by atoms with Gasteiger partial charge in [0.15, 0.2) is 0 Å². The number of imidazole rings is 1.